The number of rotatable bonds is 20. The van der Waals surface area contributed by atoms with E-state index in [1.807, 2.05) is 0 Å². The highest BCUT2D eigenvalue weighted by Gasteiger charge is 2.08. The number of carbonyl (C=O) groups excluding carboxylic acids is 1. The highest BCUT2D eigenvalue weighted by atomic mass is 16.5. The molecule has 1 amide bonds. The van der Waals surface area contributed by atoms with Gasteiger partial charge in [0.2, 0.25) is 5.91 Å². The minimum absolute atomic E-state index is 0.0814. The predicted octanol–water partition coefficient (Wildman–Crippen LogP) is 5.24. The van der Waals surface area contributed by atoms with Crippen LogP contribution in [-0.2, 0) is 4.79 Å². The second kappa shape index (κ2) is 20.1. The van der Waals surface area contributed by atoms with Crippen molar-refractivity contribution in [1.82, 2.24) is 5.32 Å². The maximum atomic E-state index is 11.8. The van der Waals surface area contributed by atoms with E-state index in [2.05, 4.69) is 36.5 Å². The van der Waals surface area contributed by atoms with Gasteiger partial charge in [-0.1, -0.05) is 63.3 Å². The molecule has 5 nitrogen and oxygen atoms in total. The van der Waals surface area contributed by atoms with Crippen molar-refractivity contribution < 1.29 is 14.5 Å². The number of allylic oxidation sites excluding steroid dienone is 4. The van der Waals surface area contributed by atoms with E-state index in [9.17, 15) is 10.0 Å². The Hall–Kier alpha value is -1.17. The zero-order valence-corrected chi connectivity index (χ0v) is 19.0. The van der Waals surface area contributed by atoms with Gasteiger partial charge >= 0.3 is 0 Å². The molecule has 0 aromatic rings. The van der Waals surface area contributed by atoms with Crippen molar-refractivity contribution in [3.63, 3.8) is 0 Å². The van der Waals surface area contributed by atoms with E-state index >= 15 is 0 Å². The first-order chi connectivity index (χ1) is 14.0. The summed E-state index contributed by atoms with van der Waals surface area (Å²) in [6, 6.07) is 0. The molecule has 29 heavy (non-hydrogen) atoms. The van der Waals surface area contributed by atoms with Crippen LogP contribution >= 0.6 is 0 Å². The van der Waals surface area contributed by atoms with Crippen LogP contribution in [0.25, 0.3) is 0 Å². The summed E-state index contributed by atoms with van der Waals surface area (Å²) >= 11 is 0. The Bertz CT molecular complexity index is 434. The van der Waals surface area contributed by atoms with Crippen LogP contribution in [0, 0.1) is 5.21 Å². The molecular formula is C24H46N2O3. The number of hydrogen-bond donors (Lipinski definition) is 2. The Morgan fingerprint density at radius 3 is 2.17 bits per heavy atom. The molecule has 0 aromatic carbocycles. The monoisotopic (exact) mass is 410 g/mol. The number of unbranched alkanes of at least 4 members (excludes halogenated alkanes) is 8. The molecule has 0 radical (unpaired) electrons. The molecule has 0 spiro atoms. The maximum Gasteiger partial charge on any atom is 0.219 e. The number of aliphatic hydroxyl groups excluding tert-OH is 1. The number of aliphatic hydroxyl groups is 1. The Kier molecular flexibility index (Phi) is 19.3. The van der Waals surface area contributed by atoms with Gasteiger partial charge in [0, 0.05) is 19.4 Å². The van der Waals surface area contributed by atoms with Crippen LogP contribution in [0.2, 0.25) is 0 Å². The van der Waals surface area contributed by atoms with E-state index in [4.69, 9.17) is 5.11 Å². The van der Waals surface area contributed by atoms with Gasteiger partial charge < -0.3 is 20.3 Å². The Labute approximate surface area is 179 Å². The zero-order chi connectivity index (χ0) is 21.6. The van der Waals surface area contributed by atoms with Gasteiger partial charge in [-0.25, -0.2) is 0 Å². The molecule has 0 fully saturated rings. The quantitative estimate of drug-likeness (QED) is 0.125. The van der Waals surface area contributed by atoms with Gasteiger partial charge in [0.15, 0.2) is 0 Å². The lowest BCUT2D eigenvalue weighted by Gasteiger charge is -2.38. The third-order valence-electron chi connectivity index (χ3n) is 5.06. The minimum Gasteiger partial charge on any atom is -0.633 e. The van der Waals surface area contributed by atoms with Crippen molar-refractivity contribution >= 4 is 5.91 Å². The summed E-state index contributed by atoms with van der Waals surface area (Å²) in [7, 11) is 1.56. The summed E-state index contributed by atoms with van der Waals surface area (Å²) in [6.07, 6.45) is 23.4. The molecule has 0 aliphatic rings. The van der Waals surface area contributed by atoms with Gasteiger partial charge in [-0.15, -0.1) is 0 Å². The molecule has 1 unspecified atom stereocenters. The lowest BCUT2D eigenvalue weighted by Crippen LogP contribution is -2.42. The fourth-order valence-corrected chi connectivity index (χ4v) is 3.15. The number of nitrogens with one attached hydrogen (secondary N) is 1. The van der Waals surface area contributed by atoms with Crippen LogP contribution in [0.15, 0.2) is 24.3 Å². The van der Waals surface area contributed by atoms with Crippen LogP contribution in [0.1, 0.15) is 90.4 Å². The van der Waals surface area contributed by atoms with Gasteiger partial charge in [0.25, 0.3) is 0 Å². The third kappa shape index (κ3) is 21.4. The Morgan fingerprint density at radius 1 is 0.897 bits per heavy atom. The minimum atomic E-state index is -0.447. The molecule has 0 heterocycles. The third-order valence-corrected chi connectivity index (χ3v) is 5.06. The van der Waals surface area contributed by atoms with Gasteiger partial charge in [-0.05, 0) is 38.5 Å². The Morgan fingerprint density at radius 2 is 1.52 bits per heavy atom. The van der Waals surface area contributed by atoms with Crippen molar-refractivity contribution in [2.45, 2.75) is 90.4 Å². The van der Waals surface area contributed by atoms with E-state index in [-0.39, 0.29) is 19.1 Å². The predicted molar refractivity (Wildman–Crippen MR) is 123 cm³/mol. The van der Waals surface area contributed by atoms with E-state index in [0.717, 1.165) is 25.7 Å². The number of hydroxylamine groups is 3. The number of likely N-dealkylation sites (N-methyl/N-ethyl adjacent to an activating group) is 1. The first-order valence-electron chi connectivity index (χ1n) is 11.7. The molecule has 170 valence electrons. The van der Waals surface area contributed by atoms with Crippen LogP contribution in [0.4, 0.5) is 0 Å². The summed E-state index contributed by atoms with van der Waals surface area (Å²) in [5, 5.41) is 23.5. The van der Waals surface area contributed by atoms with Gasteiger partial charge in [-0.3, -0.25) is 4.79 Å². The molecule has 0 aliphatic carbocycles. The second-order valence-corrected chi connectivity index (χ2v) is 8.15. The average molecular weight is 411 g/mol. The van der Waals surface area contributed by atoms with Crippen LogP contribution in [0.3, 0.4) is 0 Å². The summed E-state index contributed by atoms with van der Waals surface area (Å²) < 4.78 is -0.447. The van der Waals surface area contributed by atoms with E-state index in [1.165, 1.54) is 44.9 Å². The highest BCUT2D eigenvalue weighted by molar-refractivity contribution is 5.75. The summed E-state index contributed by atoms with van der Waals surface area (Å²) in [5.41, 5.74) is 0. The van der Waals surface area contributed by atoms with Crippen molar-refractivity contribution in [1.29, 1.82) is 0 Å². The Balaban J connectivity index is 3.39. The molecule has 0 bridgehead atoms. The van der Waals surface area contributed by atoms with E-state index in [0.29, 0.717) is 25.9 Å². The molecule has 5 heteroatoms. The lowest BCUT2D eigenvalue weighted by atomic mass is 10.1. The number of nitrogens with zero attached hydrogens (tertiary/aromatic N) is 1. The van der Waals surface area contributed by atoms with E-state index < -0.39 is 4.65 Å². The number of amides is 1. The summed E-state index contributed by atoms with van der Waals surface area (Å²) in [6.45, 7) is 3.31. The number of quaternary nitrogens is 1. The summed E-state index contributed by atoms with van der Waals surface area (Å²) in [4.78, 5) is 11.8. The average Bonchev–Trinajstić information content (AvgIpc) is 2.68. The molecule has 0 aromatic heterocycles. The van der Waals surface area contributed by atoms with Crippen molar-refractivity contribution in [2.24, 2.45) is 0 Å². The van der Waals surface area contributed by atoms with Crippen LogP contribution in [0.5, 0.6) is 0 Å². The second-order valence-electron chi connectivity index (χ2n) is 8.15. The fourth-order valence-electron chi connectivity index (χ4n) is 3.15. The van der Waals surface area contributed by atoms with Gasteiger partial charge in [0.1, 0.15) is 6.54 Å². The first kappa shape index (κ1) is 27.8. The molecular weight excluding hydrogens is 364 g/mol. The molecule has 0 aliphatic heterocycles. The fraction of sp³-hybridized carbons (Fsp3) is 0.792. The van der Waals surface area contributed by atoms with Crippen LogP contribution in [-0.4, -0.2) is 48.9 Å². The SMILES string of the molecule is CCCCC/C=C/C/C=C/CCCCCCCC(=O)NCCC[N+](C)([O-])CCO. The number of carbonyl (C=O) groups is 1. The van der Waals surface area contributed by atoms with Crippen molar-refractivity contribution in [3.05, 3.63) is 29.5 Å². The number of hydrogen-bond acceptors (Lipinski definition) is 3. The van der Waals surface area contributed by atoms with Gasteiger partial charge in [-0.2, -0.15) is 0 Å². The van der Waals surface area contributed by atoms with Crippen molar-refractivity contribution in [2.75, 3.05) is 33.3 Å². The molecule has 0 rings (SSSR count). The lowest BCUT2D eigenvalue weighted by molar-refractivity contribution is -0.861. The highest BCUT2D eigenvalue weighted by Crippen LogP contribution is 2.08. The molecule has 0 saturated carbocycles. The standard InChI is InChI=1S/C24H46N2O3/c1-3-4-5-6-7-8-9-10-11-12-13-14-15-16-17-19-24(28)25-20-18-21-26(2,29)22-23-27/h7-8,10-11,27H,3-6,9,12-23H2,1-2H3,(H,25,28)/b8-7+,11-10+. The largest absolute Gasteiger partial charge is 0.633 e. The van der Waals surface area contributed by atoms with Crippen LogP contribution < -0.4 is 5.32 Å². The van der Waals surface area contributed by atoms with Gasteiger partial charge in [0.05, 0.1) is 20.2 Å². The topological polar surface area (TPSA) is 72.4 Å². The van der Waals surface area contributed by atoms with E-state index in [1.54, 1.807) is 7.05 Å². The molecule has 1 atom stereocenters. The normalized spacial score (nSPS) is 13.9. The smallest absolute Gasteiger partial charge is 0.219 e. The summed E-state index contributed by atoms with van der Waals surface area (Å²) in [5.74, 6) is 0.0814. The zero-order valence-electron chi connectivity index (χ0n) is 19.0. The first-order valence-corrected chi connectivity index (χ1v) is 11.7. The maximum absolute atomic E-state index is 11.8. The van der Waals surface area contributed by atoms with Crippen molar-refractivity contribution in [3.8, 4) is 0 Å². The molecule has 2 N–H and O–H groups in total. The molecule has 0 saturated heterocycles.